The van der Waals surface area contributed by atoms with Crippen LogP contribution in [0.1, 0.15) is 23.7 Å². The summed E-state index contributed by atoms with van der Waals surface area (Å²) in [5.74, 6) is 0.237. The van der Waals surface area contributed by atoms with Gasteiger partial charge >= 0.3 is 0 Å². The molecule has 150 valence electrons. The van der Waals surface area contributed by atoms with Crippen LogP contribution >= 0.6 is 0 Å². The van der Waals surface area contributed by atoms with Crippen LogP contribution in [0.2, 0.25) is 0 Å². The van der Waals surface area contributed by atoms with Crippen molar-refractivity contribution in [2.24, 2.45) is 0 Å². The first kappa shape index (κ1) is 20.3. The van der Waals surface area contributed by atoms with Crippen LogP contribution in [-0.4, -0.2) is 28.6 Å². The predicted molar refractivity (Wildman–Crippen MR) is 112 cm³/mol. The standard InChI is InChI=1S/C23H24FN3O2/c1-16(12-18-4-8-20(24)9-5-18)26-23(28)11-7-19-6-10-21(22(13-19)29-3)27-14-17(2)25-15-27/h4-11,13-16H,12H2,1-3H3,(H,26,28). The Labute approximate surface area is 169 Å². The van der Waals surface area contributed by atoms with Gasteiger partial charge in [0, 0.05) is 18.3 Å². The van der Waals surface area contributed by atoms with E-state index in [2.05, 4.69) is 10.3 Å². The fourth-order valence-corrected chi connectivity index (χ4v) is 3.05. The van der Waals surface area contributed by atoms with Gasteiger partial charge in [-0.15, -0.1) is 0 Å². The smallest absolute Gasteiger partial charge is 0.244 e. The van der Waals surface area contributed by atoms with Crippen LogP contribution in [0.3, 0.4) is 0 Å². The van der Waals surface area contributed by atoms with E-state index in [4.69, 9.17) is 4.74 Å². The molecule has 1 unspecified atom stereocenters. The molecule has 0 aliphatic carbocycles. The van der Waals surface area contributed by atoms with E-state index >= 15 is 0 Å². The lowest BCUT2D eigenvalue weighted by molar-refractivity contribution is -0.117. The fourth-order valence-electron chi connectivity index (χ4n) is 3.05. The summed E-state index contributed by atoms with van der Waals surface area (Å²) >= 11 is 0. The maximum atomic E-state index is 13.0. The molecule has 0 radical (unpaired) electrons. The fraction of sp³-hybridized carbons (Fsp3) is 0.217. The van der Waals surface area contributed by atoms with Crippen LogP contribution in [0.5, 0.6) is 5.75 Å². The number of benzene rings is 2. The van der Waals surface area contributed by atoms with Crippen molar-refractivity contribution in [2.45, 2.75) is 26.3 Å². The van der Waals surface area contributed by atoms with Gasteiger partial charge < -0.3 is 14.6 Å². The molecule has 1 aromatic heterocycles. The van der Waals surface area contributed by atoms with Crippen LogP contribution in [0.4, 0.5) is 4.39 Å². The number of imidazole rings is 1. The van der Waals surface area contributed by atoms with E-state index in [1.807, 2.05) is 42.8 Å². The number of hydrogen-bond donors (Lipinski definition) is 1. The van der Waals surface area contributed by atoms with Gasteiger partial charge in [0.15, 0.2) is 0 Å². The summed E-state index contributed by atoms with van der Waals surface area (Å²) in [6, 6.07) is 11.9. The van der Waals surface area contributed by atoms with E-state index in [1.165, 1.54) is 18.2 Å². The summed E-state index contributed by atoms with van der Waals surface area (Å²) in [7, 11) is 1.61. The largest absolute Gasteiger partial charge is 0.495 e. The molecule has 1 heterocycles. The first-order valence-electron chi connectivity index (χ1n) is 9.36. The molecule has 1 amide bonds. The Kier molecular flexibility index (Phi) is 6.44. The van der Waals surface area contributed by atoms with Crippen LogP contribution in [0.25, 0.3) is 11.8 Å². The number of rotatable bonds is 7. The van der Waals surface area contributed by atoms with Gasteiger partial charge in [-0.2, -0.15) is 0 Å². The Morgan fingerprint density at radius 3 is 2.69 bits per heavy atom. The second kappa shape index (κ2) is 9.19. The highest BCUT2D eigenvalue weighted by Gasteiger charge is 2.08. The Bertz CT molecular complexity index is 1010. The minimum Gasteiger partial charge on any atom is -0.495 e. The number of carbonyl (C=O) groups excluding carboxylic acids is 1. The Morgan fingerprint density at radius 1 is 1.28 bits per heavy atom. The maximum Gasteiger partial charge on any atom is 0.244 e. The van der Waals surface area contributed by atoms with Crippen LogP contribution in [-0.2, 0) is 11.2 Å². The zero-order valence-electron chi connectivity index (χ0n) is 16.7. The second-order valence-corrected chi connectivity index (χ2v) is 6.93. The number of carbonyl (C=O) groups is 1. The molecule has 3 aromatic rings. The molecule has 5 nitrogen and oxygen atoms in total. The van der Waals surface area contributed by atoms with Crippen molar-refractivity contribution in [3.8, 4) is 11.4 Å². The quantitative estimate of drug-likeness (QED) is 0.615. The van der Waals surface area contributed by atoms with Gasteiger partial charge in [-0.3, -0.25) is 4.79 Å². The van der Waals surface area contributed by atoms with Crippen molar-refractivity contribution < 1.29 is 13.9 Å². The summed E-state index contributed by atoms with van der Waals surface area (Å²) in [4.78, 5) is 16.4. The molecule has 1 atom stereocenters. The number of nitrogens with one attached hydrogen (secondary N) is 1. The summed E-state index contributed by atoms with van der Waals surface area (Å²) in [6.07, 6.45) is 7.52. The van der Waals surface area contributed by atoms with Gasteiger partial charge in [-0.05, 0) is 61.7 Å². The minimum atomic E-state index is -0.266. The van der Waals surface area contributed by atoms with Crippen LogP contribution in [0.15, 0.2) is 61.1 Å². The number of aryl methyl sites for hydroxylation is 1. The average molecular weight is 393 g/mol. The molecule has 0 aliphatic rings. The third-order valence-corrected chi connectivity index (χ3v) is 4.46. The van der Waals surface area contributed by atoms with Gasteiger partial charge in [0.05, 0.1) is 24.8 Å². The van der Waals surface area contributed by atoms with Crippen molar-refractivity contribution in [2.75, 3.05) is 7.11 Å². The summed E-state index contributed by atoms with van der Waals surface area (Å²) in [5, 5.41) is 2.92. The van der Waals surface area contributed by atoms with Crippen molar-refractivity contribution >= 4 is 12.0 Å². The zero-order valence-corrected chi connectivity index (χ0v) is 16.7. The number of nitrogens with zero attached hydrogens (tertiary/aromatic N) is 2. The van der Waals surface area contributed by atoms with E-state index < -0.39 is 0 Å². The van der Waals surface area contributed by atoms with Gasteiger partial charge in [-0.1, -0.05) is 18.2 Å². The van der Waals surface area contributed by atoms with E-state index in [0.29, 0.717) is 12.2 Å². The molecule has 0 bridgehead atoms. The van der Waals surface area contributed by atoms with E-state index in [-0.39, 0.29) is 17.8 Å². The van der Waals surface area contributed by atoms with Gasteiger partial charge in [0.2, 0.25) is 5.91 Å². The first-order valence-corrected chi connectivity index (χ1v) is 9.36. The number of amides is 1. The summed E-state index contributed by atoms with van der Waals surface area (Å²) in [5.41, 5.74) is 3.62. The highest BCUT2D eigenvalue weighted by atomic mass is 19.1. The topological polar surface area (TPSA) is 56.1 Å². The van der Waals surface area contributed by atoms with Crippen molar-refractivity contribution in [1.29, 1.82) is 0 Å². The molecular weight excluding hydrogens is 369 g/mol. The lowest BCUT2D eigenvalue weighted by Crippen LogP contribution is -2.32. The number of hydrogen-bond acceptors (Lipinski definition) is 3. The van der Waals surface area contributed by atoms with Gasteiger partial charge in [-0.25, -0.2) is 9.37 Å². The molecule has 1 N–H and O–H groups in total. The third-order valence-electron chi connectivity index (χ3n) is 4.46. The number of halogens is 1. The van der Waals surface area contributed by atoms with E-state index in [1.54, 1.807) is 31.6 Å². The molecule has 6 heteroatoms. The van der Waals surface area contributed by atoms with Gasteiger partial charge in [0.25, 0.3) is 0 Å². The average Bonchev–Trinajstić information content (AvgIpc) is 3.14. The normalized spacial score (nSPS) is 12.1. The van der Waals surface area contributed by atoms with Crippen LogP contribution < -0.4 is 10.1 Å². The molecular formula is C23H24FN3O2. The lowest BCUT2D eigenvalue weighted by atomic mass is 10.1. The second-order valence-electron chi connectivity index (χ2n) is 6.93. The number of methoxy groups -OCH3 is 1. The Morgan fingerprint density at radius 2 is 2.03 bits per heavy atom. The highest BCUT2D eigenvalue weighted by molar-refractivity contribution is 5.92. The number of aromatic nitrogens is 2. The minimum absolute atomic E-state index is 0.0704. The SMILES string of the molecule is COc1cc(C=CC(=O)NC(C)Cc2ccc(F)cc2)ccc1-n1cnc(C)c1. The van der Waals surface area contributed by atoms with Crippen molar-refractivity contribution in [3.63, 3.8) is 0 Å². The Hall–Kier alpha value is -3.41. The molecule has 0 fully saturated rings. The first-order chi connectivity index (χ1) is 13.9. The molecule has 0 spiro atoms. The zero-order chi connectivity index (χ0) is 20.8. The maximum absolute atomic E-state index is 13.0. The molecule has 29 heavy (non-hydrogen) atoms. The lowest BCUT2D eigenvalue weighted by Gasteiger charge is -2.12. The van der Waals surface area contributed by atoms with Crippen molar-refractivity contribution in [1.82, 2.24) is 14.9 Å². The van der Waals surface area contributed by atoms with Crippen LogP contribution in [0, 0.1) is 12.7 Å². The van der Waals surface area contributed by atoms with E-state index in [0.717, 1.165) is 22.5 Å². The molecule has 0 saturated heterocycles. The molecule has 0 saturated carbocycles. The van der Waals surface area contributed by atoms with E-state index in [9.17, 15) is 9.18 Å². The summed E-state index contributed by atoms with van der Waals surface area (Å²) < 4.78 is 20.4. The molecule has 0 aliphatic heterocycles. The summed E-state index contributed by atoms with van der Waals surface area (Å²) in [6.45, 7) is 3.84. The van der Waals surface area contributed by atoms with Crippen molar-refractivity contribution in [3.05, 3.63) is 83.7 Å². The monoisotopic (exact) mass is 393 g/mol. The third kappa shape index (κ3) is 5.54. The molecule has 2 aromatic carbocycles. The van der Waals surface area contributed by atoms with Gasteiger partial charge in [0.1, 0.15) is 11.6 Å². The Balaban J connectivity index is 1.62. The molecule has 3 rings (SSSR count). The highest BCUT2D eigenvalue weighted by Crippen LogP contribution is 2.25. The number of ether oxygens (including phenoxy) is 1. The predicted octanol–water partition coefficient (Wildman–Crippen LogP) is 4.09.